The highest BCUT2D eigenvalue weighted by atomic mass is 79.9. The van der Waals surface area contributed by atoms with Crippen molar-refractivity contribution in [2.45, 2.75) is 50.7 Å². The van der Waals surface area contributed by atoms with Gasteiger partial charge >= 0.3 is 0 Å². The summed E-state index contributed by atoms with van der Waals surface area (Å²) in [6, 6.07) is 20.7. The molecule has 10 heteroatoms. The van der Waals surface area contributed by atoms with Crippen LogP contribution in [0.2, 0.25) is 5.02 Å². The third kappa shape index (κ3) is 7.82. The second-order valence-corrected chi connectivity index (χ2v) is 13.1. The molecular formula is C28H31BrClN3O4S. The molecule has 3 aromatic rings. The maximum Gasteiger partial charge on any atom is 0.264 e. The Labute approximate surface area is 238 Å². The van der Waals surface area contributed by atoms with Crippen LogP contribution in [-0.4, -0.2) is 43.3 Å². The number of nitrogens with one attached hydrogen (secondary N) is 1. The highest BCUT2D eigenvalue weighted by Gasteiger charge is 2.33. The first-order valence-corrected chi connectivity index (χ1v) is 14.6. The van der Waals surface area contributed by atoms with Crippen LogP contribution in [0, 0.1) is 0 Å². The van der Waals surface area contributed by atoms with Crippen LogP contribution in [0.5, 0.6) is 0 Å². The van der Waals surface area contributed by atoms with Crippen LogP contribution in [0.3, 0.4) is 0 Å². The fraction of sp³-hybridized carbons (Fsp3) is 0.286. The van der Waals surface area contributed by atoms with Crippen molar-refractivity contribution in [3.8, 4) is 0 Å². The molecule has 0 spiro atoms. The summed E-state index contributed by atoms with van der Waals surface area (Å²) in [6.07, 6.45) is 0. The molecule has 0 aromatic heterocycles. The van der Waals surface area contributed by atoms with Gasteiger partial charge < -0.3 is 10.2 Å². The molecule has 0 aliphatic heterocycles. The van der Waals surface area contributed by atoms with Crippen molar-refractivity contribution < 1.29 is 18.0 Å². The van der Waals surface area contributed by atoms with Crippen molar-refractivity contribution in [3.63, 3.8) is 0 Å². The van der Waals surface area contributed by atoms with E-state index in [1.807, 2.05) is 45.0 Å². The molecule has 0 saturated carbocycles. The van der Waals surface area contributed by atoms with E-state index in [0.717, 1.165) is 14.3 Å². The van der Waals surface area contributed by atoms with E-state index >= 15 is 0 Å². The van der Waals surface area contributed by atoms with E-state index in [4.69, 9.17) is 11.6 Å². The SMILES string of the molecule is C[C@@H](C(=O)NC(C)(C)C)N(Cc1ccc(Br)cc1)C(=O)CN(c1cccc(Cl)c1)S(=O)(=O)c1ccccc1. The van der Waals surface area contributed by atoms with Gasteiger partial charge in [0, 0.05) is 21.6 Å². The van der Waals surface area contributed by atoms with E-state index in [1.165, 1.54) is 23.1 Å². The van der Waals surface area contributed by atoms with E-state index < -0.39 is 34.1 Å². The van der Waals surface area contributed by atoms with Gasteiger partial charge in [-0.1, -0.05) is 63.9 Å². The molecule has 0 unspecified atom stereocenters. The Morgan fingerprint density at radius 1 is 0.974 bits per heavy atom. The van der Waals surface area contributed by atoms with E-state index in [1.54, 1.807) is 43.3 Å². The number of hydrogen-bond acceptors (Lipinski definition) is 4. The molecule has 0 saturated heterocycles. The van der Waals surface area contributed by atoms with Crippen LogP contribution in [0.25, 0.3) is 0 Å². The summed E-state index contributed by atoms with van der Waals surface area (Å²) in [5.74, 6) is -0.882. The minimum absolute atomic E-state index is 0.0331. The Balaban J connectivity index is 2.02. The van der Waals surface area contributed by atoms with Crippen molar-refractivity contribution >= 4 is 55.1 Å². The number of sulfonamides is 1. The first-order chi connectivity index (χ1) is 17.8. The summed E-state index contributed by atoms with van der Waals surface area (Å²) in [5.41, 5.74) is 0.517. The molecule has 0 heterocycles. The van der Waals surface area contributed by atoms with E-state index in [0.29, 0.717) is 5.02 Å². The van der Waals surface area contributed by atoms with Crippen molar-refractivity contribution in [2.75, 3.05) is 10.8 Å². The van der Waals surface area contributed by atoms with E-state index in [-0.39, 0.29) is 23.0 Å². The summed E-state index contributed by atoms with van der Waals surface area (Å²) >= 11 is 9.59. The molecule has 7 nitrogen and oxygen atoms in total. The Morgan fingerprint density at radius 3 is 2.18 bits per heavy atom. The lowest BCUT2D eigenvalue weighted by atomic mass is 10.1. The number of benzene rings is 3. The number of hydrogen-bond donors (Lipinski definition) is 1. The average Bonchev–Trinajstić information content (AvgIpc) is 2.85. The normalized spacial score (nSPS) is 12.5. The zero-order valence-electron chi connectivity index (χ0n) is 21.7. The van der Waals surface area contributed by atoms with Crippen LogP contribution in [0.1, 0.15) is 33.3 Å². The molecule has 1 N–H and O–H groups in total. The van der Waals surface area contributed by atoms with Gasteiger partial charge in [-0.15, -0.1) is 0 Å². The molecule has 3 rings (SSSR count). The second-order valence-electron chi connectivity index (χ2n) is 9.87. The summed E-state index contributed by atoms with van der Waals surface area (Å²) < 4.78 is 29.3. The maximum absolute atomic E-state index is 13.9. The molecule has 0 bridgehead atoms. The topological polar surface area (TPSA) is 86.8 Å². The van der Waals surface area contributed by atoms with Gasteiger partial charge in [0.05, 0.1) is 10.6 Å². The summed E-state index contributed by atoms with van der Waals surface area (Å²) in [4.78, 5) is 28.4. The minimum Gasteiger partial charge on any atom is -0.350 e. The quantitative estimate of drug-likeness (QED) is 0.336. The Bertz CT molecular complexity index is 1380. The summed E-state index contributed by atoms with van der Waals surface area (Å²) in [7, 11) is -4.13. The van der Waals surface area contributed by atoms with Crippen LogP contribution < -0.4 is 9.62 Å². The van der Waals surface area contributed by atoms with Gasteiger partial charge in [-0.3, -0.25) is 13.9 Å². The van der Waals surface area contributed by atoms with E-state index in [2.05, 4.69) is 21.2 Å². The van der Waals surface area contributed by atoms with Crippen molar-refractivity contribution in [2.24, 2.45) is 0 Å². The third-order valence-electron chi connectivity index (χ3n) is 5.64. The van der Waals surface area contributed by atoms with Crippen LogP contribution in [0.4, 0.5) is 5.69 Å². The largest absolute Gasteiger partial charge is 0.350 e. The molecule has 3 aromatic carbocycles. The van der Waals surface area contributed by atoms with Crippen LogP contribution >= 0.6 is 27.5 Å². The lowest BCUT2D eigenvalue weighted by molar-refractivity contribution is -0.140. The van der Waals surface area contributed by atoms with Crippen LogP contribution in [0.15, 0.2) is 88.2 Å². The number of rotatable bonds is 9. The zero-order valence-corrected chi connectivity index (χ0v) is 24.8. The number of amides is 2. The number of anilines is 1. The van der Waals surface area contributed by atoms with Gasteiger partial charge in [0.2, 0.25) is 11.8 Å². The standard InChI is InChI=1S/C28H31BrClN3O4S/c1-20(27(35)31-28(2,3)4)32(18-21-13-15-22(29)16-14-21)26(34)19-33(24-10-8-9-23(30)17-24)38(36,37)25-11-6-5-7-12-25/h5-17,20H,18-19H2,1-4H3,(H,31,35)/t20-/m0/s1. The molecule has 0 aliphatic carbocycles. The van der Waals surface area contributed by atoms with Crippen molar-refractivity contribution in [3.05, 3.63) is 93.9 Å². The summed E-state index contributed by atoms with van der Waals surface area (Å²) in [6.45, 7) is 6.78. The first-order valence-electron chi connectivity index (χ1n) is 12.0. The lowest BCUT2D eigenvalue weighted by Gasteiger charge is -2.33. The Hall–Kier alpha value is -2.88. The zero-order chi connectivity index (χ0) is 28.1. The number of halogens is 2. The average molecular weight is 621 g/mol. The second kappa shape index (κ2) is 12.3. The Kier molecular flexibility index (Phi) is 9.62. The Morgan fingerprint density at radius 2 is 1.61 bits per heavy atom. The monoisotopic (exact) mass is 619 g/mol. The van der Waals surface area contributed by atoms with Crippen LogP contribution in [-0.2, 0) is 26.2 Å². The fourth-order valence-corrected chi connectivity index (χ4v) is 5.60. The molecule has 1 atom stereocenters. The molecule has 0 aliphatic rings. The molecule has 0 fully saturated rings. The molecule has 38 heavy (non-hydrogen) atoms. The predicted molar refractivity (Wildman–Crippen MR) is 154 cm³/mol. The molecule has 2 amide bonds. The molecule has 202 valence electrons. The third-order valence-corrected chi connectivity index (χ3v) is 8.19. The number of carbonyl (C=O) groups is 2. The van der Waals surface area contributed by atoms with Gasteiger partial charge in [0.1, 0.15) is 12.6 Å². The predicted octanol–water partition coefficient (Wildman–Crippen LogP) is 5.63. The highest BCUT2D eigenvalue weighted by Crippen LogP contribution is 2.27. The van der Waals surface area contributed by atoms with Crippen molar-refractivity contribution in [1.82, 2.24) is 10.2 Å². The van der Waals surface area contributed by atoms with Gasteiger partial charge in [0.25, 0.3) is 10.0 Å². The van der Waals surface area contributed by atoms with Gasteiger partial charge in [-0.2, -0.15) is 0 Å². The molecule has 0 radical (unpaired) electrons. The highest BCUT2D eigenvalue weighted by molar-refractivity contribution is 9.10. The van der Waals surface area contributed by atoms with Crippen molar-refractivity contribution in [1.29, 1.82) is 0 Å². The lowest BCUT2D eigenvalue weighted by Crippen LogP contribution is -2.54. The van der Waals surface area contributed by atoms with Gasteiger partial charge in [0.15, 0.2) is 0 Å². The summed E-state index contributed by atoms with van der Waals surface area (Å²) in [5, 5.41) is 3.23. The smallest absolute Gasteiger partial charge is 0.264 e. The first kappa shape index (κ1) is 29.7. The number of carbonyl (C=O) groups excluding carboxylic acids is 2. The fourth-order valence-electron chi connectivity index (χ4n) is 3.72. The minimum atomic E-state index is -4.13. The van der Waals surface area contributed by atoms with Gasteiger partial charge in [-0.05, 0) is 75.7 Å². The van der Waals surface area contributed by atoms with Gasteiger partial charge in [-0.25, -0.2) is 8.42 Å². The molecular weight excluding hydrogens is 590 g/mol. The number of nitrogens with zero attached hydrogens (tertiary/aromatic N) is 2. The van der Waals surface area contributed by atoms with E-state index in [9.17, 15) is 18.0 Å². The maximum atomic E-state index is 13.9.